The molecule has 1 aromatic rings. The van der Waals surface area contributed by atoms with Gasteiger partial charge >= 0.3 is 5.97 Å². The molecular weight excluding hydrogens is 244 g/mol. The number of benzene rings is 1. The summed E-state index contributed by atoms with van der Waals surface area (Å²) in [6, 6.07) is 6.69. The number of carbonyl (C=O) groups is 2. The lowest BCUT2D eigenvalue weighted by molar-refractivity contribution is -0.131. The van der Waals surface area contributed by atoms with Gasteiger partial charge in [0.25, 0.3) is 5.91 Å². The van der Waals surface area contributed by atoms with Crippen LogP contribution in [-0.4, -0.2) is 25.0 Å². The lowest BCUT2D eigenvalue weighted by Crippen LogP contribution is -2.25. The second-order valence-electron chi connectivity index (χ2n) is 4.20. The van der Waals surface area contributed by atoms with Gasteiger partial charge in [0.1, 0.15) is 5.75 Å². The van der Waals surface area contributed by atoms with Gasteiger partial charge in [-0.3, -0.25) is 9.59 Å². The molecule has 0 fully saturated rings. The fraction of sp³-hybridized carbons (Fsp3) is 0.429. The molecule has 0 heterocycles. The minimum absolute atomic E-state index is 0.232. The van der Waals surface area contributed by atoms with E-state index in [2.05, 4.69) is 5.32 Å². The molecule has 0 aromatic heterocycles. The topological polar surface area (TPSA) is 81.4 Å². The van der Waals surface area contributed by atoms with Gasteiger partial charge < -0.3 is 15.8 Å². The number of ether oxygens (including phenoxy) is 1. The molecule has 0 saturated carbocycles. The second kappa shape index (κ2) is 8.26. The summed E-state index contributed by atoms with van der Waals surface area (Å²) in [5, 5.41) is 2.80. The summed E-state index contributed by atoms with van der Waals surface area (Å²) in [4.78, 5) is 22.9. The van der Waals surface area contributed by atoms with Crippen molar-refractivity contribution in [2.45, 2.75) is 26.2 Å². The van der Waals surface area contributed by atoms with Crippen molar-refractivity contribution in [2.75, 3.05) is 13.1 Å². The van der Waals surface area contributed by atoms with Crippen molar-refractivity contribution in [1.29, 1.82) is 0 Å². The van der Waals surface area contributed by atoms with Crippen LogP contribution in [0.1, 0.15) is 36.5 Å². The van der Waals surface area contributed by atoms with Crippen molar-refractivity contribution < 1.29 is 14.3 Å². The third-order valence-electron chi connectivity index (χ3n) is 2.55. The maximum absolute atomic E-state index is 12.0. The minimum atomic E-state index is -0.441. The van der Waals surface area contributed by atoms with Gasteiger partial charge in [-0.2, -0.15) is 0 Å². The molecule has 5 nitrogen and oxygen atoms in total. The lowest BCUT2D eigenvalue weighted by Gasteiger charge is -2.09. The zero-order valence-corrected chi connectivity index (χ0v) is 11.1. The highest BCUT2D eigenvalue weighted by molar-refractivity contribution is 5.97. The molecule has 0 spiro atoms. The maximum Gasteiger partial charge on any atom is 0.308 e. The zero-order chi connectivity index (χ0) is 14.1. The lowest BCUT2D eigenvalue weighted by atomic mass is 10.2. The average molecular weight is 264 g/mol. The molecule has 1 amide bonds. The van der Waals surface area contributed by atoms with Gasteiger partial charge in [0.2, 0.25) is 0 Å². The Morgan fingerprint density at radius 1 is 1.21 bits per heavy atom. The Balaban J connectivity index is 2.54. The highest BCUT2D eigenvalue weighted by atomic mass is 16.5. The Labute approximate surface area is 113 Å². The van der Waals surface area contributed by atoms with E-state index in [1.165, 1.54) is 6.92 Å². The minimum Gasteiger partial charge on any atom is -0.426 e. The van der Waals surface area contributed by atoms with Gasteiger partial charge in [-0.25, -0.2) is 0 Å². The van der Waals surface area contributed by atoms with Crippen LogP contribution in [0.4, 0.5) is 0 Å². The largest absolute Gasteiger partial charge is 0.426 e. The van der Waals surface area contributed by atoms with E-state index < -0.39 is 5.97 Å². The Morgan fingerprint density at radius 2 is 1.95 bits per heavy atom. The third-order valence-corrected chi connectivity index (χ3v) is 2.55. The van der Waals surface area contributed by atoms with Crippen molar-refractivity contribution in [1.82, 2.24) is 5.32 Å². The number of esters is 1. The number of para-hydroxylation sites is 1. The van der Waals surface area contributed by atoms with Gasteiger partial charge in [-0.1, -0.05) is 18.6 Å². The van der Waals surface area contributed by atoms with Crippen molar-refractivity contribution in [3.63, 3.8) is 0 Å². The van der Waals surface area contributed by atoms with Crippen LogP contribution in [0, 0.1) is 0 Å². The first-order valence-electron chi connectivity index (χ1n) is 6.41. The van der Waals surface area contributed by atoms with Crippen LogP contribution in [0.3, 0.4) is 0 Å². The Kier molecular flexibility index (Phi) is 6.60. The van der Waals surface area contributed by atoms with Crippen LogP contribution in [0.5, 0.6) is 5.75 Å². The number of hydrogen-bond donors (Lipinski definition) is 2. The number of carbonyl (C=O) groups excluding carboxylic acids is 2. The predicted molar refractivity (Wildman–Crippen MR) is 73.0 cm³/mol. The highest BCUT2D eigenvalue weighted by Gasteiger charge is 2.12. The highest BCUT2D eigenvalue weighted by Crippen LogP contribution is 2.17. The second-order valence-corrected chi connectivity index (χ2v) is 4.20. The first-order valence-corrected chi connectivity index (χ1v) is 6.41. The van der Waals surface area contributed by atoms with Crippen LogP contribution in [0.25, 0.3) is 0 Å². The van der Waals surface area contributed by atoms with Crippen molar-refractivity contribution >= 4 is 11.9 Å². The molecule has 0 bridgehead atoms. The summed E-state index contributed by atoms with van der Waals surface area (Å²) in [7, 11) is 0. The number of nitrogens with two attached hydrogens (primary N) is 1. The molecule has 0 unspecified atom stereocenters. The molecule has 1 rings (SSSR count). The van der Waals surface area contributed by atoms with E-state index in [9.17, 15) is 9.59 Å². The number of amides is 1. The third kappa shape index (κ3) is 5.52. The van der Waals surface area contributed by atoms with Crippen LogP contribution in [-0.2, 0) is 4.79 Å². The Hall–Kier alpha value is -1.88. The number of nitrogens with one attached hydrogen (secondary N) is 1. The molecule has 0 aliphatic rings. The molecule has 19 heavy (non-hydrogen) atoms. The Morgan fingerprint density at radius 3 is 2.63 bits per heavy atom. The molecule has 0 saturated heterocycles. The molecular formula is C14H20N2O3. The van der Waals surface area contributed by atoms with E-state index in [0.717, 1.165) is 19.3 Å². The number of hydrogen-bond acceptors (Lipinski definition) is 4. The number of rotatable bonds is 7. The molecule has 5 heteroatoms. The molecule has 1 aromatic carbocycles. The van der Waals surface area contributed by atoms with Crippen molar-refractivity contribution in [3.05, 3.63) is 29.8 Å². The fourth-order valence-electron chi connectivity index (χ4n) is 1.64. The molecule has 0 aliphatic carbocycles. The van der Waals surface area contributed by atoms with Crippen LogP contribution >= 0.6 is 0 Å². The van der Waals surface area contributed by atoms with E-state index in [1.54, 1.807) is 24.3 Å². The fourth-order valence-corrected chi connectivity index (χ4v) is 1.64. The summed E-state index contributed by atoms with van der Waals surface area (Å²) in [5.41, 5.74) is 5.76. The maximum atomic E-state index is 12.0. The molecule has 0 aliphatic heterocycles. The van der Waals surface area contributed by atoms with E-state index in [4.69, 9.17) is 10.5 Å². The van der Waals surface area contributed by atoms with Crippen LogP contribution < -0.4 is 15.8 Å². The van der Waals surface area contributed by atoms with E-state index in [1.807, 2.05) is 0 Å². The van der Waals surface area contributed by atoms with E-state index in [0.29, 0.717) is 18.7 Å². The summed E-state index contributed by atoms with van der Waals surface area (Å²) in [6.07, 6.45) is 2.83. The number of unbranched alkanes of at least 4 members (excludes halogenated alkanes) is 2. The zero-order valence-electron chi connectivity index (χ0n) is 11.1. The molecule has 0 radical (unpaired) electrons. The Bertz CT molecular complexity index is 432. The molecule has 104 valence electrons. The summed E-state index contributed by atoms with van der Waals surface area (Å²) >= 11 is 0. The molecule has 3 N–H and O–H groups in total. The van der Waals surface area contributed by atoms with Crippen molar-refractivity contribution in [3.8, 4) is 5.75 Å². The summed E-state index contributed by atoms with van der Waals surface area (Å²) < 4.78 is 5.00. The normalized spacial score (nSPS) is 10.0. The van der Waals surface area contributed by atoms with Gasteiger partial charge in [-0.05, 0) is 31.5 Å². The standard InChI is InChI=1S/C14H20N2O3/c1-11(17)19-13-8-4-3-7-12(13)14(18)16-10-6-2-5-9-15/h3-4,7-8H,2,5-6,9-10,15H2,1H3,(H,16,18). The SMILES string of the molecule is CC(=O)Oc1ccccc1C(=O)NCCCCCN. The first-order chi connectivity index (χ1) is 9.15. The average Bonchev–Trinajstić information content (AvgIpc) is 2.38. The van der Waals surface area contributed by atoms with Crippen molar-refractivity contribution in [2.24, 2.45) is 5.73 Å². The van der Waals surface area contributed by atoms with Gasteiger partial charge in [0, 0.05) is 13.5 Å². The van der Waals surface area contributed by atoms with E-state index >= 15 is 0 Å². The van der Waals surface area contributed by atoms with Crippen LogP contribution in [0.2, 0.25) is 0 Å². The summed E-state index contributed by atoms with van der Waals surface area (Å²) in [5.74, 6) is -0.387. The van der Waals surface area contributed by atoms with Gasteiger partial charge in [0.15, 0.2) is 0 Å². The van der Waals surface area contributed by atoms with Crippen LogP contribution in [0.15, 0.2) is 24.3 Å². The van der Waals surface area contributed by atoms with E-state index in [-0.39, 0.29) is 11.7 Å². The molecule has 0 atom stereocenters. The predicted octanol–water partition coefficient (Wildman–Crippen LogP) is 1.47. The smallest absolute Gasteiger partial charge is 0.308 e. The van der Waals surface area contributed by atoms with Gasteiger partial charge in [0.05, 0.1) is 5.56 Å². The van der Waals surface area contributed by atoms with Gasteiger partial charge in [-0.15, -0.1) is 0 Å². The summed E-state index contributed by atoms with van der Waals surface area (Å²) in [6.45, 7) is 2.57. The monoisotopic (exact) mass is 264 g/mol. The quantitative estimate of drug-likeness (QED) is 0.444. The first kappa shape index (κ1) is 15.2.